The van der Waals surface area contributed by atoms with Gasteiger partial charge in [0.25, 0.3) is 0 Å². The molecule has 6 heteroatoms. The van der Waals surface area contributed by atoms with Crippen molar-refractivity contribution < 1.29 is 4.74 Å². The van der Waals surface area contributed by atoms with E-state index in [2.05, 4.69) is 34.8 Å². The molecule has 156 valence electrons. The zero-order chi connectivity index (χ0) is 21.6. The van der Waals surface area contributed by atoms with Crippen molar-refractivity contribution in [2.45, 2.75) is 13.2 Å². The highest BCUT2D eigenvalue weighted by molar-refractivity contribution is 6.36. The largest absolute Gasteiger partial charge is 0.488 e. The van der Waals surface area contributed by atoms with Gasteiger partial charge in [0.05, 0.1) is 12.8 Å². The number of halogens is 3. The van der Waals surface area contributed by atoms with Gasteiger partial charge in [0.15, 0.2) is 0 Å². The first-order valence-electron chi connectivity index (χ1n) is 9.69. The second-order valence-corrected chi connectivity index (χ2v) is 8.15. The molecule has 0 bridgehead atoms. The van der Waals surface area contributed by atoms with Gasteiger partial charge in [-0.2, -0.15) is 5.10 Å². The van der Waals surface area contributed by atoms with Crippen molar-refractivity contribution in [1.29, 1.82) is 0 Å². The first-order chi connectivity index (χ1) is 15.1. The SMILES string of the molecule is Clc1ccc(OCc2cccc3ccccc23)c(/C=N\NCc2c(Cl)cccc2Cl)c1. The van der Waals surface area contributed by atoms with Gasteiger partial charge in [0, 0.05) is 26.2 Å². The molecule has 4 aromatic carbocycles. The molecule has 0 aliphatic rings. The molecule has 0 aliphatic carbocycles. The highest BCUT2D eigenvalue weighted by atomic mass is 35.5. The van der Waals surface area contributed by atoms with Crippen molar-refractivity contribution in [1.82, 2.24) is 5.43 Å². The van der Waals surface area contributed by atoms with E-state index < -0.39 is 0 Å². The lowest BCUT2D eigenvalue weighted by atomic mass is 10.1. The zero-order valence-corrected chi connectivity index (χ0v) is 18.8. The number of nitrogens with one attached hydrogen (secondary N) is 1. The lowest BCUT2D eigenvalue weighted by molar-refractivity contribution is 0.307. The van der Waals surface area contributed by atoms with Gasteiger partial charge in [-0.3, -0.25) is 0 Å². The van der Waals surface area contributed by atoms with Crippen LogP contribution in [-0.2, 0) is 13.2 Å². The number of rotatable bonds is 7. The molecule has 0 radical (unpaired) electrons. The number of hydrazone groups is 1. The van der Waals surface area contributed by atoms with Crippen molar-refractivity contribution in [3.05, 3.63) is 111 Å². The zero-order valence-electron chi connectivity index (χ0n) is 16.5. The van der Waals surface area contributed by atoms with Gasteiger partial charge in [0.1, 0.15) is 12.4 Å². The fourth-order valence-electron chi connectivity index (χ4n) is 3.27. The summed E-state index contributed by atoms with van der Waals surface area (Å²) in [6.07, 6.45) is 1.68. The molecule has 0 aromatic heterocycles. The van der Waals surface area contributed by atoms with Crippen LogP contribution < -0.4 is 10.2 Å². The molecule has 0 spiro atoms. The van der Waals surface area contributed by atoms with Crippen LogP contribution in [0.1, 0.15) is 16.7 Å². The Morgan fingerprint density at radius 1 is 0.839 bits per heavy atom. The minimum absolute atomic E-state index is 0.405. The van der Waals surface area contributed by atoms with E-state index in [-0.39, 0.29) is 0 Å². The van der Waals surface area contributed by atoms with E-state index in [1.54, 1.807) is 24.4 Å². The smallest absolute Gasteiger partial charge is 0.128 e. The Balaban J connectivity index is 1.48. The summed E-state index contributed by atoms with van der Waals surface area (Å²) in [5.41, 5.74) is 5.65. The van der Waals surface area contributed by atoms with Crippen LogP contribution >= 0.6 is 34.8 Å². The van der Waals surface area contributed by atoms with Crippen LogP contribution in [0.25, 0.3) is 10.8 Å². The molecule has 4 aromatic rings. The third kappa shape index (κ3) is 5.31. The maximum atomic E-state index is 6.20. The molecule has 31 heavy (non-hydrogen) atoms. The van der Waals surface area contributed by atoms with Crippen molar-refractivity contribution >= 4 is 51.8 Å². The predicted molar refractivity (Wildman–Crippen MR) is 131 cm³/mol. The average molecular weight is 470 g/mol. The molecule has 0 aliphatic heterocycles. The summed E-state index contributed by atoms with van der Waals surface area (Å²) >= 11 is 18.6. The molecule has 0 atom stereocenters. The van der Waals surface area contributed by atoms with Crippen molar-refractivity contribution in [3.63, 3.8) is 0 Å². The topological polar surface area (TPSA) is 33.6 Å². The maximum Gasteiger partial charge on any atom is 0.128 e. The quantitative estimate of drug-likeness (QED) is 0.224. The summed E-state index contributed by atoms with van der Waals surface area (Å²) in [5.74, 6) is 0.693. The highest BCUT2D eigenvalue weighted by Crippen LogP contribution is 2.26. The molecular formula is C25H19Cl3N2O. The summed E-state index contributed by atoms with van der Waals surface area (Å²) in [6.45, 7) is 0.842. The monoisotopic (exact) mass is 468 g/mol. The summed E-state index contributed by atoms with van der Waals surface area (Å²) in [5, 5.41) is 8.45. The Morgan fingerprint density at radius 2 is 1.58 bits per heavy atom. The molecule has 0 unspecified atom stereocenters. The second-order valence-electron chi connectivity index (χ2n) is 6.90. The number of fused-ring (bicyclic) bond motifs is 1. The van der Waals surface area contributed by atoms with Crippen LogP contribution in [0, 0.1) is 0 Å². The maximum absolute atomic E-state index is 6.20. The van der Waals surface area contributed by atoms with Gasteiger partial charge in [0.2, 0.25) is 0 Å². The number of hydrogen-bond donors (Lipinski definition) is 1. The third-order valence-corrected chi connectivity index (χ3v) is 5.79. The Hall–Kier alpha value is -2.72. The summed E-state index contributed by atoms with van der Waals surface area (Å²) < 4.78 is 6.12. The van der Waals surface area contributed by atoms with E-state index in [0.29, 0.717) is 34.0 Å². The van der Waals surface area contributed by atoms with Crippen molar-refractivity contribution in [2.24, 2.45) is 5.10 Å². The number of ether oxygens (including phenoxy) is 1. The van der Waals surface area contributed by atoms with Crippen LogP contribution in [0.5, 0.6) is 5.75 Å². The minimum Gasteiger partial charge on any atom is -0.488 e. The Bertz CT molecular complexity index is 1220. The number of nitrogens with zero attached hydrogens (tertiary/aromatic N) is 1. The van der Waals surface area contributed by atoms with E-state index in [4.69, 9.17) is 39.5 Å². The van der Waals surface area contributed by atoms with Crippen molar-refractivity contribution in [2.75, 3.05) is 0 Å². The molecule has 0 fully saturated rings. The molecule has 0 amide bonds. The van der Waals surface area contributed by atoms with E-state index in [9.17, 15) is 0 Å². The predicted octanol–water partition coefficient (Wildman–Crippen LogP) is 7.50. The molecule has 0 heterocycles. The Labute approximate surface area is 196 Å². The van der Waals surface area contributed by atoms with Crippen LogP contribution in [0.2, 0.25) is 15.1 Å². The Morgan fingerprint density at radius 3 is 2.42 bits per heavy atom. The van der Waals surface area contributed by atoms with E-state index in [1.165, 1.54) is 10.8 Å². The third-order valence-electron chi connectivity index (χ3n) is 4.85. The molecule has 0 saturated carbocycles. The molecular weight excluding hydrogens is 451 g/mol. The van der Waals surface area contributed by atoms with Gasteiger partial charge in [-0.05, 0) is 46.7 Å². The van der Waals surface area contributed by atoms with E-state index in [1.807, 2.05) is 36.4 Å². The second kappa shape index (κ2) is 10.1. The molecule has 3 nitrogen and oxygen atoms in total. The van der Waals surface area contributed by atoms with Gasteiger partial charge in [-0.25, -0.2) is 0 Å². The summed E-state index contributed by atoms with van der Waals surface area (Å²) in [4.78, 5) is 0. The molecule has 4 rings (SSSR count). The fourth-order valence-corrected chi connectivity index (χ4v) is 3.98. The van der Waals surface area contributed by atoms with Crippen LogP contribution in [-0.4, -0.2) is 6.21 Å². The van der Waals surface area contributed by atoms with Crippen LogP contribution in [0.15, 0.2) is 84.0 Å². The number of benzene rings is 4. The summed E-state index contributed by atoms with van der Waals surface area (Å²) in [7, 11) is 0. The number of hydrogen-bond acceptors (Lipinski definition) is 3. The van der Waals surface area contributed by atoms with Gasteiger partial charge in [-0.1, -0.05) is 83.3 Å². The molecule has 1 N–H and O–H groups in total. The first-order valence-corrected chi connectivity index (χ1v) is 10.8. The normalized spacial score (nSPS) is 11.2. The standard InChI is InChI=1S/C25H19Cl3N2O/c26-20-11-12-25(31-16-18-7-3-6-17-5-1-2-8-21(17)18)19(13-20)14-29-30-15-22-23(27)9-4-10-24(22)28/h1-14,30H,15-16H2/b29-14-. The molecule has 0 saturated heterocycles. The Kier molecular flexibility index (Phi) is 6.98. The van der Waals surface area contributed by atoms with E-state index >= 15 is 0 Å². The van der Waals surface area contributed by atoms with Crippen molar-refractivity contribution in [3.8, 4) is 5.75 Å². The van der Waals surface area contributed by atoms with E-state index in [0.717, 1.165) is 16.7 Å². The fraction of sp³-hybridized carbons (Fsp3) is 0.0800. The highest BCUT2D eigenvalue weighted by Gasteiger charge is 2.07. The average Bonchev–Trinajstić information content (AvgIpc) is 2.77. The van der Waals surface area contributed by atoms with Gasteiger partial charge in [-0.15, -0.1) is 0 Å². The summed E-state index contributed by atoms with van der Waals surface area (Å²) in [6, 6.07) is 25.3. The first kappa shape index (κ1) is 21.5. The lowest BCUT2D eigenvalue weighted by Crippen LogP contribution is -2.07. The van der Waals surface area contributed by atoms with Gasteiger partial charge < -0.3 is 10.2 Å². The van der Waals surface area contributed by atoms with Gasteiger partial charge >= 0.3 is 0 Å². The van der Waals surface area contributed by atoms with Crippen LogP contribution in [0.3, 0.4) is 0 Å². The lowest BCUT2D eigenvalue weighted by Gasteiger charge is -2.12. The van der Waals surface area contributed by atoms with Crippen LogP contribution in [0.4, 0.5) is 0 Å². The minimum atomic E-state index is 0.405.